The highest BCUT2D eigenvalue weighted by Crippen LogP contribution is 2.38. The number of nitro benzene ring substituents is 1. The monoisotopic (exact) mass is 486 g/mol. The minimum Gasteiger partial charge on any atom is -0.462 e. The van der Waals surface area contributed by atoms with Gasteiger partial charge in [-0.05, 0) is 50.8 Å². The van der Waals surface area contributed by atoms with E-state index < -0.39 is 10.9 Å². The topological polar surface area (TPSA) is 114 Å². The quantitative estimate of drug-likeness (QED) is 0.204. The van der Waals surface area contributed by atoms with Gasteiger partial charge in [0.1, 0.15) is 0 Å². The van der Waals surface area contributed by atoms with Crippen LogP contribution in [-0.2, 0) is 16.1 Å². The van der Waals surface area contributed by atoms with Gasteiger partial charge in [-0.15, -0.1) is 0 Å². The van der Waals surface area contributed by atoms with E-state index in [2.05, 4.69) is 10.6 Å². The van der Waals surface area contributed by atoms with Crippen LogP contribution >= 0.6 is 0 Å². The zero-order chi connectivity index (χ0) is 25.8. The summed E-state index contributed by atoms with van der Waals surface area (Å²) in [6.45, 7) is 2.39. The summed E-state index contributed by atoms with van der Waals surface area (Å²) in [6, 6.07) is 19.1. The van der Waals surface area contributed by atoms with E-state index in [4.69, 9.17) is 4.74 Å². The third kappa shape index (κ3) is 5.11. The number of nitro groups is 1. The number of nitrogens with one attached hydrogen (secondary N) is 2. The Labute approximate surface area is 208 Å². The molecule has 1 amide bonds. The predicted octanol–water partition coefficient (Wildman–Crippen LogP) is 4.77. The molecule has 3 aromatic carbocycles. The van der Waals surface area contributed by atoms with Crippen LogP contribution in [0.25, 0.3) is 11.3 Å². The number of nitrogens with zero attached hydrogens (tertiary/aromatic N) is 2. The van der Waals surface area contributed by atoms with Crippen molar-refractivity contribution in [1.29, 1.82) is 0 Å². The van der Waals surface area contributed by atoms with Crippen LogP contribution in [0.15, 0.2) is 66.7 Å². The molecule has 0 aliphatic carbocycles. The van der Waals surface area contributed by atoms with Gasteiger partial charge < -0.3 is 20.3 Å². The highest BCUT2D eigenvalue weighted by molar-refractivity contribution is 6.37. The van der Waals surface area contributed by atoms with E-state index >= 15 is 0 Å². The number of hydrogen-bond donors (Lipinski definition) is 2. The molecule has 0 unspecified atom stereocenters. The van der Waals surface area contributed by atoms with Gasteiger partial charge in [-0.25, -0.2) is 4.79 Å². The fourth-order valence-corrected chi connectivity index (χ4v) is 4.08. The van der Waals surface area contributed by atoms with E-state index in [0.29, 0.717) is 45.9 Å². The third-order valence-corrected chi connectivity index (χ3v) is 5.63. The lowest BCUT2D eigenvalue weighted by molar-refractivity contribution is -0.385. The van der Waals surface area contributed by atoms with Gasteiger partial charge in [0, 0.05) is 29.4 Å². The Morgan fingerprint density at radius 3 is 2.47 bits per heavy atom. The minimum atomic E-state index is -0.474. The van der Waals surface area contributed by atoms with Crippen molar-refractivity contribution in [3.63, 3.8) is 0 Å². The summed E-state index contributed by atoms with van der Waals surface area (Å²) in [5, 5.41) is 17.8. The lowest BCUT2D eigenvalue weighted by Gasteiger charge is -2.16. The molecule has 9 heteroatoms. The average Bonchev–Trinajstić information content (AvgIpc) is 3.18. The Bertz CT molecular complexity index is 1370. The number of anilines is 2. The maximum Gasteiger partial charge on any atom is 0.338 e. The first-order chi connectivity index (χ1) is 17.3. The molecule has 0 radical (unpaired) electrons. The molecule has 3 aromatic rings. The molecule has 0 bridgehead atoms. The molecule has 184 valence electrons. The zero-order valence-corrected chi connectivity index (χ0v) is 20.2. The van der Waals surface area contributed by atoms with Crippen LogP contribution < -0.4 is 10.6 Å². The summed E-state index contributed by atoms with van der Waals surface area (Å²) in [5.74, 6) is -0.824. The summed E-state index contributed by atoms with van der Waals surface area (Å²) in [6.07, 6.45) is 0. The first-order valence-corrected chi connectivity index (χ1v) is 11.4. The van der Waals surface area contributed by atoms with Crippen LogP contribution in [0.1, 0.15) is 34.0 Å². The number of carbonyl (C=O) groups is 2. The van der Waals surface area contributed by atoms with Crippen molar-refractivity contribution < 1.29 is 19.2 Å². The second kappa shape index (κ2) is 10.4. The smallest absolute Gasteiger partial charge is 0.338 e. The summed E-state index contributed by atoms with van der Waals surface area (Å²) in [5.41, 5.74) is 4.06. The van der Waals surface area contributed by atoms with Gasteiger partial charge in [0.05, 0.1) is 34.1 Å². The minimum absolute atomic E-state index is 0.0125. The highest BCUT2D eigenvalue weighted by Gasteiger charge is 2.29. The van der Waals surface area contributed by atoms with E-state index in [-0.39, 0.29) is 18.2 Å². The number of benzene rings is 3. The molecule has 36 heavy (non-hydrogen) atoms. The number of carbonyl (C=O) groups excluding carboxylic acids is 2. The summed E-state index contributed by atoms with van der Waals surface area (Å²) in [4.78, 5) is 38.5. The molecule has 0 fully saturated rings. The molecule has 0 saturated carbocycles. The maximum atomic E-state index is 13.2. The van der Waals surface area contributed by atoms with Crippen LogP contribution in [0.3, 0.4) is 0 Å². The van der Waals surface area contributed by atoms with Gasteiger partial charge in [-0.1, -0.05) is 36.4 Å². The van der Waals surface area contributed by atoms with Gasteiger partial charge in [0.15, 0.2) is 0 Å². The van der Waals surface area contributed by atoms with Crippen molar-refractivity contribution in [2.45, 2.75) is 13.5 Å². The van der Waals surface area contributed by atoms with Crippen LogP contribution in [0.2, 0.25) is 0 Å². The molecule has 2 N–H and O–H groups in total. The van der Waals surface area contributed by atoms with E-state index in [0.717, 1.165) is 5.56 Å². The SMILES string of the molecule is CCOC(=O)c1ccc2c(c1)NC(=O)C2=C(Nc1ccc(CN(C)C)c([N+](=O)[O-])c1)c1ccccc1. The van der Waals surface area contributed by atoms with Gasteiger partial charge in [-0.2, -0.15) is 0 Å². The van der Waals surface area contributed by atoms with E-state index in [9.17, 15) is 19.7 Å². The summed E-state index contributed by atoms with van der Waals surface area (Å²) >= 11 is 0. The van der Waals surface area contributed by atoms with Crippen molar-refractivity contribution in [1.82, 2.24) is 4.90 Å². The Kier molecular flexibility index (Phi) is 7.12. The predicted molar refractivity (Wildman–Crippen MR) is 138 cm³/mol. The highest BCUT2D eigenvalue weighted by atomic mass is 16.6. The van der Waals surface area contributed by atoms with Crippen molar-refractivity contribution >= 4 is 40.2 Å². The third-order valence-electron chi connectivity index (χ3n) is 5.63. The first kappa shape index (κ1) is 24.6. The number of esters is 1. The van der Waals surface area contributed by atoms with Gasteiger partial charge in [0.25, 0.3) is 11.6 Å². The Hall–Kier alpha value is -4.50. The number of amides is 1. The average molecular weight is 487 g/mol. The Morgan fingerprint density at radius 2 is 1.81 bits per heavy atom. The molecular weight excluding hydrogens is 460 g/mol. The molecule has 0 atom stereocenters. The van der Waals surface area contributed by atoms with Crippen molar-refractivity contribution in [3.05, 3.63) is 99.1 Å². The zero-order valence-electron chi connectivity index (χ0n) is 20.2. The largest absolute Gasteiger partial charge is 0.462 e. The lowest BCUT2D eigenvalue weighted by Crippen LogP contribution is -2.13. The first-order valence-electron chi connectivity index (χ1n) is 11.4. The molecule has 1 aliphatic rings. The van der Waals surface area contributed by atoms with Gasteiger partial charge in [0.2, 0.25) is 0 Å². The van der Waals surface area contributed by atoms with E-state index in [1.54, 1.807) is 37.3 Å². The Morgan fingerprint density at radius 1 is 1.06 bits per heavy atom. The van der Waals surface area contributed by atoms with Crippen molar-refractivity contribution in [2.24, 2.45) is 0 Å². The normalized spacial score (nSPS) is 13.7. The number of hydrogen-bond acceptors (Lipinski definition) is 7. The van der Waals surface area contributed by atoms with Crippen molar-refractivity contribution in [3.8, 4) is 0 Å². The van der Waals surface area contributed by atoms with E-state index in [1.807, 2.05) is 49.3 Å². The fraction of sp³-hybridized carbons (Fsp3) is 0.185. The van der Waals surface area contributed by atoms with E-state index in [1.165, 1.54) is 6.07 Å². The van der Waals surface area contributed by atoms with Gasteiger partial charge in [-0.3, -0.25) is 14.9 Å². The fourth-order valence-electron chi connectivity index (χ4n) is 4.08. The summed E-state index contributed by atoms with van der Waals surface area (Å²) in [7, 11) is 3.69. The summed E-state index contributed by atoms with van der Waals surface area (Å²) < 4.78 is 5.07. The lowest BCUT2D eigenvalue weighted by atomic mass is 9.99. The number of ether oxygens (including phenoxy) is 1. The number of rotatable bonds is 8. The maximum absolute atomic E-state index is 13.2. The van der Waals surface area contributed by atoms with Crippen LogP contribution in [0, 0.1) is 10.1 Å². The molecule has 9 nitrogen and oxygen atoms in total. The van der Waals surface area contributed by atoms with Crippen LogP contribution in [0.5, 0.6) is 0 Å². The molecule has 1 heterocycles. The molecule has 0 aromatic heterocycles. The Balaban J connectivity index is 1.82. The van der Waals surface area contributed by atoms with Crippen LogP contribution in [0.4, 0.5) is 17.1 Å². The molecule has 1 aliphatic heterocycles. The standard InChI is InChI=1S/C27H26N4O5/c1-4-36-27(33)18-11-13-21-22(14-18)29-26(32)24(21)25(17-8-6-5-7-9-17)28-20-12-10-19(16-30(2)3)23(15-20)31(34)35/h5-15,28H,4,16H2,1-3H3,(H,29,32). The number of fused-ring (bicyclic) bond motifs is 1. The molecule has 0 spiro atoms. The molecular formula is C27H26N4O5. The second-order valence-electron chi connectivity index (χ2n) is 8.51. The van der Waals surface area contributed by atoms with Crippen molar-refractivity contribution in [2.75, 3.05) is 31.3 Å². The second-order valence-corrected chi connectivity index (χ2v) is 8.51. The molecule has 4 rings (SSSR count). The molecule has 0 saturated heterocycles. The van der Waals surface area contributed by atoms with Gasteiger partial charge >= 0.3 is 5.97 Å². The van der Waals surface area contributed by atoms with Crippen LogP contribution in [-0.4, -0.2) is 42.4 Å².